The number of nitrogens with two attached hydrogens (primary N) is 1. The summed E-state index contributed by atoms with van der Waals surface area (Å²) in [5, 5.41) is 0. The first-order chi connectivity index (χ1) is 8.98. The molecule has 0 radical (unpaired) electrons. The highest BCUT2D eigenvalue weighted by Gasteiger charge is 2.40. The van der Waals surface area contributed by atoms with Gasteiger partial charge in [-0.3, -0.25) is 4.99 Å². The van der Waals surface area contributed by atoms with Gasteiger partial charge in [0.2, 0.25) is 0 Å². The second-order valence-electron chi connectivity index (χ2n) is 4.54. The maximum absolute atomic E-state index is 13.0. The Hall–Kier alpha value is -1.72. The van der Waals surface area contributed by atoms with Crippen LogP contribution in [-0.2, 0) is 0 Å². The van der Waals surface area contributed by atoms with Crippen LogP contribution in [0.4, 0.5) is 13.2 Å². The largest absolute Gasteiger partial charge is 0.397 e. The molecule has 0 amide bonds. The maximum atomic E-state index is 13.0. The Bertz CT molecular complexity index is 438. The van der Waals surface area contributed by atoms with Gasteiger partial charge in [0.1, 0.15) is 0 Å². The quantitative estimate of drug-likeness (QED) is 0.677. The van der Waals surface area contributed by atoms with Gasteiger partial charge in [-0.15, -0.1) is 0 Å². The standard InChI is InChI=1S/C13H16F3N3/c14-13(15,16)11(10-5-2-1-3-6-10)9-18-12(17)19-7-4-8-19/h1-3,5-6,11H,4,7-9H2,(H2,17,18). The fourth-order valence-corrected chi connectivity index (χ4v) is 1.91. The molecule has 0 bridgehead atoms. The molecule has 1 aliphatic rings. The van der Waals surface area contributed by atoms with Gasteiger partial charge in [-0.05, 0) is 12.0 Å². The Labute approximate surface area is 109 Å². The molecule has 19 heavy (non-hydrogen) atoms. The van der Waals surface area contributed by atoms with Crippen LogP contribution >= 0.6 is 0 Å². The van der Waals surface area contributed by atoms with E-state index in [0.29, 0.717) is 0 Å². The van der Waals surface area contributed by atoms with E-state index >= 15 is 0 Å². The molecule has 2 N–H and O–H groups in total. The van der Waals surface area contributed by atoms with Crippen molar-refractivity contribution in [3.63, 3.8) is 0 Å². The monoisotopic (exact) mass is 271 g/mol. The van der Waals surface area contributed by atoms with Crippen molar-refractivity contribution in [2.45, 2.75) is 18.5 Å². The molecule has 3 nitrogen and oxygen atoms in total. The van der Waals surface area contributed by atoms with Crippen molar-refractivity contribution in [2.24, 2.45) is 10.7 Å². The summed E-state index contributed by atoms with van der Waals surface area (Å²) in [7, 11) is 0. The van der Waals surface area contributed by atoms with Crippen LogP contribution in [0.2, 0.25) is 0 Å². The molecule has 104 valence electrons. The zero-order chi connectivity index (χ0) is 13.9. The van der Waals surface area contributed by atoms with E-state index in [0.717, 1.165) is 19.5 Å². The lowest BCUT2D eigenvalue weighted by atomic mass is 9.99. The van der Waals surface area contributed by atoms with Crippen molar-refractivity contribution in [1.29, 1.82) is 0 Å². The molecule has 2 rings (SSSR count). The van der Waals surface area contributed by atoms with Gasteiger partial charge < -0.3 is 10.6 Å². The first-order valence-electron chi connectivity index (χ1n) is 6.15. The lowest BCUT2D eigenvalue weighted by Crippen LogP contribution is -2.46. The van der Waals surface area contributed by atoms with E-state index < -0.39 is 12.1 Å². The minimum atomic E-state index is -4.32. The molecule has 1 fully saturated rings. The fraction of sp³-hybridized carbons (Fsp3) is 0.462. The van der Waals surface area contributed by atoms with Crippen LogP contribution in [0.15, 0.2) is 35.3 Å². The van der Waals surface area contributed by atoms with Crippen LogP contribution in [0, 0.1) is 0 Å². The molecule has 1 atom stereocenters. The molecule has 1 heterocycles. The summed E-state index contributed by atoms with van der Waals surface area (Å²) in [5.41, 5.74) is 5.87. The fourth-order valence-electron chi connectivity index (χ4n) is 1.91. The van der Waals surface area contributed by atoms with Crippen molar-refractivity contribution < 1.29 is 13.2 Å². The second-order valence-corrected chi connectivity index (χ2v) is 4.54. The Morgan fingerprint density at radius 1 is 1.26 bits per heavy atom. The number of hydrogen-bond acceptors (Lipinski definition) is 1. The predicted molar refractivity (Wildman–Crippen MR) is 67.9 cm³/mol. The van der Waals surface area contributed by atoms with Crippen LogP contribution in [0.25, 0.3) is 0 Å². The van der Waals surface area contributed by atoms with Gasteiger partial charge in [0.15, 0.2) is 5.96 Å². The molecule has 0 spiro atoms. The SMILES string of the molecule is NC(=NCC(c1ccccc1)C(F)(F)F)N1CCC1. The minimum absolute atomic E-state index is 0.205. The lowest BCUT2D eigenvalue weighted by molar-refractivity contribution is -0.148. The number of aliphatic imine (C=N–C) groups is 1. The van der Waals surface area contributed by atoms with Crippen LogP contribution in [0.3, 0.4) is 0 Å². The third-order valence-electron chi connectivity index (χ3n) is 3.21. The van der Waals surface area contributed by atoms with Crippen molar-refractivity contribution in [3.8, 4) is 0 Å². The highest BCUT2D eigenvalue weighted by molar-refractivity contribution is 5.78. The summed E-state index contributed by atoms with van der Waals surface area (Å²) in [5.74, 6) is -1.40. The van der Waals surface area contributed by atoms with E-state index in [9.17, 15) is 13.2 Å². The number of nitrogens with zero attached hydrogens (tertiary/aromatic N) is 2. The number of rotatable bonds is 3. The Morgan fingerprint density at radius 2 is 1.89 bits per heavy atom. The molecular formula is C13H16F3N3. The van der Waals surface area contributed by atoms with E-state index in [2.05, 4.69) is 4.99 Å². The average Bonchev–Trinajstić information content (AvgIpc) is 2.26. The van der Waals surface area contributed by atoms with E-state index in [1.165, 1.54) is 12.1 Å². The van der Waals surface area contributed by atoms with Crippen LogP contribution in [-0.4, -0.2) is 36.7 Å². The second kappa shape index (κ2) is 5.50. The summed E-state index contributed by atoms with van der Waals surface area (Å²) >= 11 is 0. The topological polar surface area (TPSA) is 41.6 Å². The van der Waals surface area contributed by atoms with Gasteiger partial charge in [-0.1, -0.05) is 30.3 Å². The van der Waals surface area contributed by atoms with Gasteiger partial charge in [0.25, 0.3) is 0 Å². The van der Waals surface area contributed by atoms with Crippen molar-refractivity contribution in [3.05, 3.63) is 35.9 Å². The molecule has 1 saturated heterocycles. The number of halogens is 3. The predicted octanol–water partition coefficient (Wildman–Crippen LogP) is 2.35. The van der Waals surface area contributed by atoms with Gasteiger partial charge in [-0.2, -0.15) is 13.2 Å². The average molecular weight is 271 g/mol. The molecule has 1 aliphatic heterocycles. The first-order valence-corrected chi connectivity index (χ1v) is 6.15. The molecule has 1 unspecified atom stereocenters. The Morgan fingerprint density at radius 3 is 2.37 bits per heavy atom. The van der Waals surface area contributed by atoms with E-state index in [-0.39, 0.29) is 18.1 Å². The number of hydrogen-bond donors (Lipinski definition) is 1. The normalized spacial score (nSPS) is 18.1. The number of benzene rings is 1. The summed E-state index contributed by atoms with van der Waals surface area (Å²) in [6, 6.07) is 7.81. The van der Waals surface area contributed by atoms with E-state index in [4.69, 9.17) is 5.73 Å². The molecular weight excluding hydrogens is 255 g/mol. The van der Waals surface area contributed by atoms with Crippen LogP contribution in [0.5, 0.6) is 0 Å². The molecule has 0 saturated carbocycles. The Kier molecular flexibility index (Phi) is 3.97. The van der Waals surface area contributed by atoms with Gasteiger partial charge >= 0.3 is 6.18 Å². The number of alkyl halides is 3. The smallest absolute Gasteiger partial charge is 0.370 e. The summed E-state index contributed by atoms with van der Waals surface area (Å²) in [4.78, 5) is 5.67. The van der Waals surface area contributed by atoms with E-state index in [1.54, 1.807) is 23.1 Å². The van der Waals surface area contributed by atoms with Crippen LogP contribution < -0.4 is 5.73 Å². The van der Waals surface area contributed by atoms with Gasteiger partial charge in [0, 0.05) is 13.1 Å². The van der Waals surface area contributed by atoms with Crippen molar-refractivity contribution in [1.82, 2.24) is 4.90 Å². The molecule has 0 aromatic heterocycles. The Balaban J connectivity index is 2.11. The number of guanidine groups is 1. The van der Waals surface area contributed by atoms with E-state index in [1.807, 2.05) is 0 Å². The molecule has 0 aliphatic carbocycles. The minimum Gasteiger partial charge on any atom is -0.370 e. The maximum Gasteiger partial charge on any atom is 0.397 e. The number of likely N-dealkylation sites (tertiary alicyclic amines) is 1. The highest BCUT2D eigenvalue weighted by atomic mass is 19.4. The summed E-state index contributed by atoms with van der Waals surface area (Å²) < 4.78 is 39.1. The lowest BCUT2D eigenvalue weighted by Gasteiger charge is -2.32. The first kappa shape index (κ1) is 13.7. The summed E-state index contributed by atoms with van der Waals surface area (Å²) in [6.45, 7) is 1.19. The highest BCUT2D eigenvalue weighted by Crippen LogP contribution is 2.34. The zero-order valence-electron chi connectivity index (χ0n) is 10.4. The third kappa shape index (κ3) is 3.39. The summed E-state index contributed by atoms with van der Waals surface area (Å²) in [6.07, 6.45) is -3.31. The van der Waals surface area contributed by atoms with Crippen LogP contribution in [0.1, 0.15) is 17.9 Å². The third-order valence-corrected chi connectivity index (χ3v) is 3.21. The van der Waals surface area contributed by atoms with Gasteiger partial charge in [-0.25, -0.2) is 0 Å². The molecule has 1 aromatic rings. The molecule has 1 aromatic carbocycles. The zero-order valence-corrected chi connectivity index (χ0v) is 10.4. The van der Waals surface area contributed by atoms with Crippen molar-refractivity contribution >= 4 is 5.96 Å². The molecule has 6 heteroatoms. The van der Waals surface area contributed by atoms with Crippen molar-refractivity contribution in [2.75, 3.05) is 19.6 Å². The van der Waals surface area contributed by atoms with Gasteiger partial charge in [0.05, 0.1) is 12.5 Å².